The van der Waals surface area contributed by atoms with E-state index in [9.17, 15) is 0 Å². The lowest BCUT2D eigenvalue weighted by molar-refractivity contribution is 1.15. The van der Waals surface area contributed by atoms with Crippen molar-refractivity contribution < 1.29 is 0 Å². The van der Waals surface area contributed by atoms with E-state index in [1.165, 1.54) is 0 Å². The second-order valence-corrected chi connectivity index (χ2v) is 1.80. The molecule has 0 saturated heterocycles. The number of nitrogens with zero attached hydrogens (tertiary/aromatic N) is 3. The number of aromatic nitrogens is 2. The van der Waals surface area contributed by atoms with Crippen LogP contribution in [0.5, 0.6) is 0 Å². The maximum atomic E-state index is 5.32. The summed E-state index contributed by atoms with van der Waals surface area (Å²) in [4.78, 5) is 7.58. The minimum atomic E-state index is 0.237. The fraction of sp³-hybridized carbons (Fsp3) is 0.167. The van der Waals surface area contributed by atoms with Gasteiger partial charge in [-0.1, -0.05) is 0 Å². The van der Waals surface area contributed by atoms with E-state index in [0.717, 1.165) is 0 Å². The van der Waals surface area contributed by atoms with Crippen LogP contribution in [0.2, 0.25) is 0 Å². The van der Waals surface area contributed by atoms with Gasteiger partial charge in [-0.25, -0.2) is 4.98 Å². The number of nitrogens with one attached hydrogen (secondary N) is 1. The molecule has 0 atom stereocenters. The highest BCUT2D eigenvalue weighted by atomic mass is 15.3. The molecule has 58 valence electrons. The molecule has 0 saturated carbocycles. The first kappa shape index (κ1) is 7.46. The van der Waals surface area contributed by atoms with E-state index in [4.69, 9.17) is 5.73 Å². The molecule has 1 rings (SSSR count). The lowest BCUT2D eigenvalue weighted by Gasteiger charge is -1.97. The molecule has 0 aliphatic rings. The zero-order valence-corrected chi connectivity index (χ0v) is 6.15. The quantitative estimate of drug-likeness (QED) is 0.476. The molecule has 0 bridgehead atoms. The van der Waals surface area contributed by atoms with E-state index in [0.29, 0.717) is 5.82 Å². The fourth-order valence-corrected chi connectivity index (χ4v) is 0.567. The summed E-state index contributed by atoms with van der Waals surface area (Å²) in [7, 11) is 0. The summed E-state index contributed by atoms with van der Waals surface area (Å²) in [5.41, 5.74) is 7.99. The molecule has 0 amide bonds. The van der Waals surface area contributed by atoms with Gasteiger partial charge in [-0.2, -0.15) is 10.1 Å². The largest absolute Gasteiger partial charge is 0.368 e. The zero-order valence-electron chi connectivity index (χ0n) is 6.15. The summed E-state index contributed by atoms with van der Waals surface area (Å²) in [5.74, 6) is 0.830. The number of anilines is 2. The van der Waals surface area contributed by atoms with Crippen LogP contribution in [-0.2, 0) is 0 Å². The molecule has 1 heterocycles. The summed E-state index contributed by atoms with van der Waals surface area (Å²) in [6, 6.07) is 1.68. The first-order valence-corrected chi connectivity index (χ1v) is 3.15. The van der Waals surface area contributed by atoms with Crippen molar-refractivity contribution in [3.63, 3.8) is 0 Å². The van der Waals surface area contributed by atoms with Crippen molar-refractivity contribution in [3.05, 3.63) is 12.3 Å². The average molecular weight is 151 g/mol. The van der Waals surface area contributed by atoms with Crippen LogP contribution < -0.4 is 11.2 Å². The van der Waals surface area contributed by atoms with Crippen LogP contribution in [-0.4, -0.2) is 16.2 Å². The summed E-state index contributed by atoms with van der Waals surface area (Å²) in [6.45, 7) is 1.80. The second-order valence-electron chi connectivity index (χ2n) is 1.80. The van der Waals surface area contributed by atoms with Gasteiger partial charge in [0, 0.05) is 18.5 Å². The van der Waals surface area contributed by atoms with Gasteiger partial charge in [-0.3, -0.25) is 5.43 Å². The summed E-state index contributed by atoms with van der Waals surface area (Å²) >= 11 is 0. The Morgan fingerprint density at radius 3 is 3.18 bits per heavy atom. The van der Waals surface area contributed by atoms with E-state index >= 15 is 0 Å². The Morgan fingerprint density at radius 1 is 1.73 bits per heavy atom. The van der Waals surface area contributed by atoms with Gasteiger partial charge in [0.15, 0.2) is 5.82 Å². The van der Waals surface area contributed by atoms with Gasteiger partial charge in [0.25, 0.3) is 0 Å². The summed E-state index contributed by atoms with van der Waals surface area (Å²) in [5, 5.41) is 3.76. The lowest BCUT2D eigenvalue weighted by atomic mass is 10.6. The van der Waals surface area contributed by atoms with Crippen molar-refractivity contribution >= 4 is 18.0 Å². The van der Waals surface area contributed by atoms with Gasteiger partial charge >= 0.3 is 0 Å². The maximum absolute atomic E-state index is 5.32. The monoisotopic (exact) mass is 151 g/mol. The molecular weight excluding hydrogens is 142 g/mol. The molecule has 0 radical (unpaired) electrons. The molecule has 0 aromatic carbocycles. The Hall–Kier alpha value is -1.65. The van der Waals surface area contributed by atoms with Crippen LogP contribution in [0.25, 0.3) is 0 Å². The van der Waals surface area contributed by atoms with E-state index < -0.39 is 0 Å². The Bertz CT molecular complexity index is 257. The SMILES string of the molecule is C/C=N/Nc1ccnc(N)n1. The molecule has 0 unspecified atom stereocenters. The summed E-state index contributed by atoms with van der Waals surface area (Å²) < 4.78 is 0. The molecule has 0 fully saturated rings. The number of hydrogen-bond donors (Lipinski definition) is 2. The highest BCUT2D eigenvalue weighted by Gasteiger charge is 1.90. The van der Waals surface area contributed by atoms with Crippen LogP contribution in [0.3, 0.4) is 0 Å². The van der Waals surface area contributed by atoms with Gasteiger partial charge in [0.05, 0.1) is 0 Å². The van der Waals surface area contributed by atoms with E-state index in [-0.39, 0.29) is 5.95 Å². The Balaban J connectivity index is 2.71. The van der Waals surface area contributed by atoms with Crippen molar-refractivity contribution in [2.45, 2.75) is 6.92 Å². The third-order valence-corrected chi connectivity index (χ3v) is 0.982. The van der Waals surface area contributed by atoms with Crippen LogP contribution in [0.4, 0.5) is 11.8 Å². The van der Waals surface area contributed by atoms with Crippen LogP contribution in [0.1, 0.15) is 6.92 Å². The number of nitrogen functional groups attached to an aromatic ring is 1. The van der Waals surface area contributed by atoms with Crippen molar-refractivity contribution in [2.24, 2.45) is 5.10 Å². The van der Waals surface area contributed by atoms with E-state index in [1.54, 1.807) is 25.4 Å². The lowest BCUT2D eigenvalue weighted by Crippen LogP contribution is -1.97. The second kappa shape index (κ2) is 3.50. The zero-order chi connectivity index (χ0) is 8.10. The normalized spacial score (nSPS) is 10.3. The average Bonchev–Trinajstić information content (AvgIpc) is 2.01. The van der Waals surface area contributed by atoms with Crippen LogP contribution >= 0.6 is 0 Å². The number of hydrazone groups is 1. The topological polar surface area (TPSA) is 76.2 Å². The molecule has 5 heteroatoms. The third-order valence-electron chi connectivity index (χ3n) is 0.982. The van der Waals surface area contributed by atoms with Crippen molar-refractivity contribution in [2.75, 3.05) is 11.2 Å². The van der Waals surface area contributed by atoms with E-state index in [2.05, 4.69) is 20.5 Å². The van der Waals surface area contributed by atoms with E-state index in [1.807, 2.05) is 0 Å². The molecular formula is C6H9N5. The molecule has 1 aromatic rings. The molecule has 0 aliphatic carbocycles. The molecule has 0 spiro atoms. The van der Waals surface area contributed by atoms with Crippen LogP contribution in [0.15, 0.2) is 17.4 Å². The number of rotatable bonds is 2. The molecule has 11 heavy (non-hydrogen) atoms. The predicted octanol–water partition coefficient (Wildman–Crippen LogP) is 0.476. The first-order valence-electron chi connectivity index (χ1n) is 3.15. The maximum Gasteiger partial charge on any atom is 0.221 e. The van der Waals surface area contributed by atoms with Gasteiger partial charge in [0.2, 0.25) is 5.95 Å². The standard InChI is InChI=1S/C6H9N5/c1-2-9-11-5-3-4-8-6(7)10-5/h2-4H,1H3,(H3,7,8,10,11)/b9-2+. The number of hydrogen-bond acceptors (Lipinski definition) is 5. The molecule has 5 nitrogen and oxygen atoms in total. The van der Waals surface area contributed by atoms with Gasteiger partial charge in [-0.05, 0) is 6.92 Å². The Labute approximate surface area is 64.4 Å². The van der Waals surface area contributed by atoms with Crippen molar-refractivity contribution in [1.82, 2.24) is 9.97 Å². The first-order chi connectivity index (χ1) is 5.33. The van der Waals surface area contributed by atoms with Crippen molar-refractivity contribution in [3.8, 4) is 0 Å². The van der Waals surface area contributed by atoms with Gasteiger partial charge in [0.1, 0.15) is 0 Å². The van der Waals surface area contributed by atoms with Crippen LogP contribution in [0, 0.1) is 0 Å². The van der Waals surface area contributed by atoms with Gasteiger partial charge < -0.3 is 5.73 Å². The number of nitrogens with two attached hydrogens (primary N) is 1. The molecule has 0 aliphatic heterocycles. The predicted molar refractivity (Wildman–Crippen MR) is 44.2 cm³/mol. The summed E-state index contributed by atoms with van der Waals surface area (Å²) in [6.07, 6.45) is 3.19. The third kappa shape index (κ3) is 2.21. The minimum absolute atomic E-state index is 0.237. The smallest absolute Gasteiger partial charge is 0.221 e. The Morgan fingerprint density at radius 2 is 2.55 bits per heavy atom. The highest BCUT2D eigenvalue weighted by molar-refractivity contribution is 5.55. The molecule has 3 N–H and O–H groups in total. The van der Waals surface area contributed by atoms with Gasteiger partial charge in [-0.15, -0.1) is 0 Å². The Kier molecular flexibility index (Phi) is 2.37. The minimum Gasteiger partial charge on any atom is -0.368 e. The highest BCUT2D eigenvalue weighted by Crippen LogP contribution is 2.01. The molecule has 1 aromatic heterocycles. The fourth-order valence-electron chi connectivity index (χ4n) is 0.567. The van der Waals surface area contributed by atoms with Crippen molar-refractivity contribution in [1.29, 1.82) is 0 Å².